The van der Waals surface area contributed by atoms with Gasteiger partial charge in [-0.15, -0.1) is 0 Å². The molecule has 0 heterocycles. The summed E-state index contributed by atoms with van der Waals surface area (Å²) in [6.07, 6.45) is 72.8. The standard InChI is InChI=1S/C61H102O6/c1-4-7-10-13-16-18-20-22-24-25-26-27-28-29-30-31-32-33-34-35-37-38-40-42-45-48-51-54-60(63)66-57-58(56-65-59(62)53-50-47-44-15-12-9-6-3)67-61(64)55-52-49-46-43-41-39-36-23-21-19-17-14-11-8-5-2/h7,10,16,18,22,24,26-27,29-30,32-33,35,37,40,42,58H,4-6,8-9,11-15,17,19-21,23,25,28,31,34,36,38-39,41,43-57H2,1-3H3/b10-7-,18-16-,24-22-,27-26-,30-29-,33-32-,37-35-,42-40-. The Morgan fingerprint density at radius 2 is 0.582 bits per heavy atom. The van der Waals surface area contributed by atoms with E-state index in [-0.39, 0.29) is 31.1 Å². The zero-order valence-corrected chi connectivity index (χ0v) is 43.6. The van der Waals surface area contributed by atoms with Crippen LogP contribution in [0.2, 0.25) is 0 Å². The molecule has 0 fully saturated rings. The Hall–Kier alpha value is -3.67. The average molecular weight is 931 g/mol. The molecular weight excluding hydrogens is 829 g/mol. The minimum absolute atomic E-state index is 0.0894. The summed E-state index contributed by atoms with van der Waals surface area (Å²) in [5, 5.41) is 0. The van der Waals surface area contributed by atoms with E-state index in [1.165, 1.54) is 103 Å². The Bertz CT molecular complexity index is 1350. The molecule has 6 nitrogen and oxygen atoms in total. The number of unbranched alkanes of at least 4 members (excludes halogenated alkanes) is 22. The van der Waals surface area contributed by atoms with Crippen molar-refractivity contribution in [3.05, 3.63) is 97.2 Å². The molecule has 6 heteroatoms. The first-order valence-electron chi connectivity index (χ1n) is 27.7. The van der Waals surface area contributed by atoms with E-state index in [9.17, 15) is 14.4 Å². The lowest BCUT2D eigenvalue weighted by Gasteiger charge is -2.18. The van der Waals surface area contributed by atoms with E-state index < -0.39 is 6.10 Å². The average Bonchev–Trinajstić information content (AvgIpc) is 3.33. The van der Waals surface area contributed by atoms with Crippen LogP contribution in [0.15, 0.2) is 97.2 Å². The first-order valence-corrected chi connectivity index (χ1v) is 27.7. The second-order valence-electron chi connectivity index (χ2n) is 18.1. The van der Waals surface area contributed by atoms with Gasteiger partial charge >= 0.3 is 17.9 Å². The molecule has 0 aromatic heterocycles. The third-order valence-electron chi connectivity index (χ3n) is 11.6. The first-order chi connectivity index (χ1) is 33.0. The third-order valence-corrected chi connectivity index (χ3v) is 11.6. The molecule has 1 unspecified atom stereocenters. The summed E-state index contributed by atoms with van der Waals surface area (Å²) in [4.78, 5) is 37.9. The maximum Gasteiger partial charge on any atom is 0.306 e. The molecule has 0 bridgehead atoms. The highest BCUT2D eigenvalue weighted by Crippen LogP contribution is 2.15. The fourth-order valence-electron chi connectivity index (χ4n) is 7.46. The normalized spacial score (nSPS) is 12.8. The molecule has 67 heavy (non-hydrogen) atoms. The Labute approximate surface area is 413 Å². The second kappa shape index (κ2) is 54.9. The van der Waals surface area contributed by atoms with Gasteiger partial charge in [-0.2, -0.15) is 0 Å². The molecule has 0 rings (SSSR count). The van der Waals surface area contributed by atoms with E-state index in [0.717, 1.165) is 109 Å². The molecule has 0 aliphatic carbocycles. The van der Waals surface area contributed by atoms with Crippen LogP contribution >= 0.6 is 0 Å². The van der Waals surface area contributed by atoms with E-state index in [1.54, 1.807) is 0 Å². The fourth-order valence-corrected chi connectivity index (χ4v) is 7.46. The third kappa shape index (κ3) is 53.2. The Morgan fingerprint density at radius 1 is 0.313 bits per heavy atom. The van der Waals surface area contributed by atoms with Crippen LogP contribution in [-0.4, -0.2) is 37.2 Å². The van der Waals surface area contributed by atoms with Crippen LogP contribution in [0.4, 0.5) is 0 Å². The summed E-state index contributed by atoms with van der Waals surface area (Å²) in [5.74, 6) is -0.940. The molecule has 1 atom stereocenters. The number of ether oxygens (including phenoxy) is 3. The van der Waals surface area contributed by atoms with Gasteiger partial charge in [-0.1, -0.05) is 246 Å². The van der Waals surface area contributed by atoms with E-state index in [4.69, 9.17) is 14.2 Å². The van der Waals surface area contributed by atoms with E-state index in [0.29, 0.717) is 19.3 Å². The largest absolute Gasteiger partial charge is 0.462 e. The highest BCUT2D eigenvalue weighted by molar-refractivity contribution is 5.71. The Balaban J connectivity index is 4.29. The molecule has 0 amide bonds. The lowest BCUT2D eigenvalue weighted by atomic mass is 10.0. The molecule has 0 aliphatic heterocycles. The van der Waals surface area contributed by atoms with Crippen molar-refractivity contribution in [1.29, 1.82) is 0 Å². The van der Waals surface area contributed by atoms with Crippen LogP contribution in [0.1, 0.15) is 252 Å². The number of carbonyl (C=O) groups is 3. The molecule has 0 saturated heterocycles. The van der Waals surface area contributed by atoms with Crippen molar-refractivity contribution in [3.63, 3.8) is 0 Å². The van der Waals surface area contributed by atoms with Crippen LogP contribution in [0, 0.1) is 0 Å². The van der Waals surface area contributed by atoms with Crippen molar-refractivity contribution in [1.82, 2.24) is 0 Å². The number of carbonyl (C=O) groups excluding carboxylic acids is 3. The number of hydrogen-bond acceptors (Lipinski definition) is 6. The summed E-state index contributed by atoms with van der Waals surface area (Å²) in [7, 11) is 0. The zero-order chi connectivity index (χ0) is 48.6. The highest BCUT2D eigenvalue weighted by atomic mass is 16.6. The number of rotatable bonds is 49. The molecule has 0 aromatic carbocycles. The van der Waals surface area contributed by atoms with Crippen LogP contribution in [0.25, 0.3) is 0 Å². The van der Waals surface area contributed by atoms with E-state index in [2.05, 4.69) is 118 Å². The van der Waals surface area contributed by atoms with Crippen LogP contribution in [-0.2, 0) is 28.6 Å². The van der Waals surface area contributed by atoms with Crippen molar-refractivity contribution >= 4 is 17.9 Å². The number of hydrogen-bond donors (Lipinski definition) is 0. The zero-order valence-electron chi connectivity index (χ0n) is 43.6. The van der Waals surface area contributed by atoms with Gasteiger partial charge in [0, 0.05) is 19.3 Å². The molecule has 0 radical (unpaired) electrons. The Morgan fingerprint density at radius 3 is 0.910 bits per heavy atom. The van der Waals surface area contributed by atoms with Gasteiger partial charge in [-0.25, -0.2) is 0 Å². The lowest BCUT2D eigenvalue weighted by molar-refractivity contribution is -0.167. The molecule has 0 N–H and O–H groups in total. The maximum atomic E-state index is 12.8. The maximum absolute atomic E-state index is 12.8. The summed E-state index contributed by atoms with van der Waals surface area (Å²) in [6.45, 7) is 6.45. The minimum Gasteiger partial charge on any atom is -0.462 e. The topological polar surface area (TPSA) is 78.9 Å². The van der Waals surface area contributed by atoms with Crippen molar-refractivity contribution in [2.75, 3.05) is 13.2 Å². The smallest absolute Gasteiger partial charge is 0.306 e. The molecule has 0 aliphatic rings. The molecule has 0 saturated carbocycles. The predicted octanol–water partition coefficient (Wildman–Crippen LogP) is 18.5. The van der Waals surface area contributed by atoms with Gasteiger partial charge in [0.1, 0.15) is 13.2 Å². The summed E-state index contributed by atoms with van der Waals surface area (Å²) in [6, 6.07) is 0. The van der Waals surface area contributed by atoms with Crippen LogP contribution < -0.4 is 0 Å². The van der Waals surface area contributed by atoms with Gasteiger partial charge in [0.2, 0.25) is 0 Å². The van der Waals surface area contributed by atoms with Crippen molar-refractivity contribution in [3.8, 4) is 0 Å². The van der Waals surface area contributed by atoms with Gasteiger partial charge in [-0.3, -0.25) is 14.4 Å². The fraction of sp³-hybridized carbons (Fsp3) is 0.689. The molecule has 0 spiro atoms. The Kier molecular flexibility index (Phi) is 51.9. The minimum atomic E-state index is -0.791. The van der Waals surface area contributed by atoms with Gasteiger partial charge < -0.3 is 14.2 Å². The van der Waals surface area contributed by atoms with Crippen molar-refractivity contribution in [2.45, 2.75) is 258 Å². The monoisotopic (exact) mass is 931 g/mol. The second-order valence-corrected chi connectivity index (χ2v) is 18.1. The van der Waals surface area contributed by atoms with Gasteiger partial charge in [0.15, 0.2) is 6.10 Å². The summed E-state index contributed by atoms with van der Waals surface area (Å²) < 4.78 is 16.7. The summed E-state index contributed by atoms with van der Waals surface area (Å²) >= 11 is 0. The first kappa shape index (κ1) is 63.3. The van der Waals surface area contributed by atoms with Crippen molar-refractivity contribution in [2.24, 2.45) is 0 Å². The van der Waals surface area contributed by atoms with Gasteiger partial charge in [0.05, 0.1) is 0 Å². The number of allylic oxidation sites excluding steroid dienone is 16. The number of esters is 3. The lowest BCUT2D eigenvalue weighted by Crippen LogP contribution is -2.30. The van der Waals surface area contributed by atoms with Crippen LogP contribution in [0.5, 0.6) is 0 Å². The summed E-state index contributed by atoms with van der Waals surface area (Å²) in [5.41, 5.74) is 0. The van der Waals surface area contributed by atoms with Crippen LogP contribution in [0.3, 0.4) is 0 Å². The SMILES string of the molecule is CC/C=C\C/C=C\C/C=C\C/C=C\C/C=C\C/C=C\C/C=C\C/C=C\CCCCC(=O)OCC(COC(=O)CCCCCCCCC)OC(=O)CCCCCCCCCCCCCCCCC. The highest BCUT2D eigenvalue weighted by Gasteiger charge is 2.19. The van der Waals surface area contributed by atoms with Gasteiger partial charge in [0.25, 0.3) is 0 Å². The predicted molar refractivity (Wildman–Crippen MR) is 288 cm³/mol. The van der Waals surface area contributed by atoms with Crippen molar-refractivity contribution < 1.29 is 28.6 Å². The molecule has 0 aromatic rings. The van der Waals surface area contributed by atoms with Gasteiger partial charge in [-0.05, 0) is 83.5 Å². The molecule has 382 valence electrons. The molecular formula is C61H102O6. The quantitative estimate of drug-likeness (QED) is 0.0262. The van der Waals surface area contributed by atoms with E-state index in [1.807, 2.05) is 0 Å². The van der Waals surface area contributed by atoms with E-state index >= 15 is 0 Å².